The Morgan fingerprint density at radius 3 is 2.79 bits per heavy atom. The fourth-order valence-electron chi connectivity index (χ4n) is 4.41. The van der Waals surface area contributed by atoms with Crippen molar-refractivity contribution in [3.8, 4) is 6.07 Å². The molecule has 6 rings (SSSR count). The van der Waals surface area contributed by atoms with Crippen LogP contribution in [0.3, 0.4) is 0 Å². The van der Waals surface area contributed by atoms with Crippen LogP contribution in [0.4, 0.5) is 17.6 Å². The number of hydrogen-bond acceptors (Lipinski definition) is 6. The zero-order valence-corrected chi connectivity index (χ0v) is 19.2. The Kier molecular flexibility index (Phi) is 5.16. The first-order chi connectivity index (χ1) is 16.7. The number of fused-ring (bicyclic) bond motifs is 1. The molecule has 3 heterocycles. The quantitative estimate of drug-likeness (QED) is 0.385. The zero-order chi connectivity index (χ0) is 23.1. The molecule has 2 N–H and O–H groups in total. The van der Waals surface area contributed by atoms with E-state index in [0.29, 0.717) is 29.0 Å². The fourth-order valence-corrected chi connectivity index (χ4v) is 4.58. The van der Waals surface area contributed by atoms with Crippen LogP contribution < -0.4 is 10.2 Å². The minimum absolute atomic E-state index is 0.573. The van der Waals surface area contributed by atoms with Crippen LogP contribution in [-0.2, 0) is 0 Å². The second-order valence-corrected chi connectivity index (χ2v) is 9.16. The van der Waals surface area contributed by atoms with E-state index >= 15 is 0 Å². The molecule has 0 bridgehead atoms. The SMILES string of the molecule is N#Cc1cc(Cl)ccc1C1=CCN(c2nc(Nc3cc(C4CC4)[nH]n3)c3ccccc3n2)CC1. The van der Waals surface area contributed by atoms with Crippen LogP contribution in [-0.4, -0.2) is 33.3 Å². The average molecular weight is 468 g/mol. The molecule has 1 aliphatic carbocycles. The maximum absolute atomic E-state index is 9.51. The largest absolute Gasteiger partial charge is 0.337 e. The van der Waals surface area contributed by atoms with Gasteiger partial charge < -0.3 is 10.2 Å². The number of nitriles is 1. The molecular weight excluding hydrogens is 446 g/mol. The van der Waals surface area contributed by atoms with E-state index in [1.165, 1.54) is 18.5 Å². The Morgan fingerprint density at radius 2 is 2.00 bits per heavy atom. The zero-order valence-electron chi connectivity index (χ0n) is 18.4. The Bertz CT molecular complexity index is 1460. The van der Waals surface area contributed by atoms with Crippen molar-refractivity contribution in [1.82, 2.24) is 20.2 Å². The molecule has 34 heavy (non-hydrogen) atoms. The number of para-hydroxylation sites is 1. The van der Waals surface area contributed by atoms with E-state index < -0.39 is 0 Å². The van der Waals surface area contributed by atoms with Crippen LogP contribution in [0.1, 0.15) is 42.0 Å². The molecule has 2 aromatic carbocycles. The topological polar surface area (TPSA) is 93.5 Å². The number of nitrogens with zero attached hydrogens (tertiary/aromatic N) is 5. The Labute approximate surface area is 202 Å². The smallest absolute Gasteiger partial charge is 0.228 e. The number of nitrogens with one attached hydrogen (secondary N) is 2. The molecule has 168 valence electrons. The molecule has 8 heteroatoms. The predicted molar refractivity (Wildman–Crippen MR) is 134 cm³/mol. The van der Waals surface area contributed by atoms with Crippen LogP contribution in [0, 0.1) is 11.3 Å². The maximum atomic E-state index is 9.51. The molecule has 0 atom stereocenters. The van der Waals surface area contributed by atoms with E-state index in [-0.39, 0.29) is 0 Å². The highest BCUT2D eigenvalue weighted by molar-refractivity contribution is 6.30. The monoisotopic (exact) mass is 467 g/mol. The first-order valence-electron chi connectivity index (χ1n) is 11.4. The molecule has 1 fully saturated rings. The van der Waals surface area contributed by atoms with Gasteiger partial charge in [0.15, 0.2) is 5.82 Å². The van der Waals surface area contributed by atoms with Crippen LogP contribution in [0.2, 0.25) is 5.02 Å². The Morgan fingerprint density at radius 1 is 1.12 bits per heavy atom. The summed E-state index contributed by atoms with van der Waals surface area (Å²) in [6.45, 7) is 1.42. The first kappa shape index (κ1) is 20.7. The third-order valence-electron chi connectivity index (χ3n) is 6.39. The van der Waals surface area contributed by atoms with Crippen molar-refractivity contribution in [2.45, 2.75) is 25.2 Å². The third-order valence-corrected chi connectivity index (χ3v) is 6.63. The molecular formula is C26H22ClN7. The van der Waals surface area contributed by atoms with Crippen LogP contribution in [0.15, 0.2) is 54.6 Å². The molecule has 0 radical (unpaired) electrons. The number of rotatable bonds is 5. The normalized spacial score (nSPS) is 15.8. The van der Waals surface area contributed by atoms with Crippen molar-refractivity contribution in [1.29, 1.82) is 5.26 Å². The molecule has 2 aliphatic rings. The summed E-state index contributed by atoms with van der Waals surface area (Å²) in [4.78, 5) is 11.9. The highest BCUT2D eigenvalue weighted by Gasteiger charge is 2.26. The number of hydrogen-bond donors (Lipinski definition) is 2. The second kappa shape index (κ2) is 8.47. The molecule has 1 saturated carbocycles. The molecule has 0 amide bonds. The Hall–Kier alpha value is -3.89. The van der Waals surface area contributed by atoms with Gasteiger partial charge in [0.2, 0.25) is 5.95 Å². The molecule has 2 aromatic heterocycles. The molecule has 0 spiro atoms. The number of benzene rings is 2. The molecule has 0 unspecified atom stereocenters. The fraction of sp³-hybridized carbons (Fsp3) is 0.231. The summed E-state index contributed by atoms with van der Waals surface area (Å²) in [5, 5.41) is 22.0. The van der Waals surface area contributed by atoms with Crippen LogP contribution in [0.5, 0.6) is 0 Å². The molecule has 7 nitrogen and oxygen atoms in total. The number of H-pyrrole nitrogens is 1. The predicted octanol–water partition coefficient (Wildman–Crippen LogP) is 5.79. The number of aromatic nitrogens is 4. The van der Waals surface area contributed by atoms with E-state index in [0.717, 1.165) is 46.6 Å². The lowest BCUT2D eigenvalue weighted by atomic mass is 9.95. The van der Waals surface area contributed by atoms with Crippen molar-refractivity contribution in [3.05, 3.63) is 76.5 Å². The van der Waals surface area contributed by atoms with Gasteiger partial charge in [0.25, 0.3) is 0 Å². The van der Waals surface area contributed by atoms with Crippen molar-refractivity contribution < 1.29 is 0 Å². The lowest BCUT2D eigenvalue weighted by Gasteiger charge is -2.27. The summed E-state index contributed by atoms with van der Waals surface area (Å²) in [6.07, 6.45) is 5.38. The minimum atomic E-state index is 0.573. The summed E-state index contributed by atoms with van der Waals surface area (Å²) in [5.74, 6) is 2.79. The van der Waals surface area contributed by atoms with Gasteiger partial charge in [-0.15, -0.1) is 0 Å². The third kappa shape index (κ3) is 3.97. The summed E-state index contributed by atoms with van der Waals surface area (Å²) in [5.41, 5.74) is 4.75. The van der Waals surface area contributed by atoms with Gasteiger partial charge in [-0.3, -0.25) is 5.10 Å². The Balaban J connectivity index is 1.30. The second-order valence-electron chi connectivity index (χ2n) is 8.72. The number of aromatic amines is 1. The lowest BCUT2D eigenvalue weighted by molar-refractivity contribution is 0.801. The van der Waals surface area contributed by atoms with E-state index in [9.17, 15) is 5.26 Å². The highest BCUT2D eigenvalue weighted by Crippen LogP contribution is 2.40. The highest BCUT2D eigenvalue weighted by atomic mass is 35.5. The van der Waals surface area contributed by atoms with Gasteiger partial charge in [0.05, 0.1) is 17.1 Å². The van der Waals surface area contributed by atoms with Gasteiger partial charge in [-0.05, 0) is 54.7 Å². The molecule has 4 aromatic rings. The van der Waals surface area contributed by atoms with E-state index in [1.807, 2.05) is 36.4 Å². The van der Waals surface area contributed by atoms with Crippen molar-refractivity contribution in [2.24, 2.45) is 0 Å². The number of anilines is 3. The summed E-state index contributed by atoms with van der Waals surface area (Å²) < 4.78 is 0. The van der Waals surface area contributed by atoms with Crippen molar-refractivity contribution in [2.75, 3.05) is 23.3 Å². The van der Waals surface area contributed by atoms with Crippen LogP contribution >= 0.6 is 11.6 Å². The summed E-state index contributed by atoms with van der Waals surface area (Å²) in [7, 11) is 0. The average Bonchev–Trinajstić information content (AvgIpc) is 3.62. The van der Waals surface area contributed by atoms with Gasteiger partial charge in [0.1, 0.15) is 5.82 Å². The standard InChI is InChI=1S/C26H22ClN7/c27-19-7-8-20(18(13-19)15-28)16-9-11-34(12-10-16)26-29-22-4-2-1-3-21(22)25(31-26)30-24-14-23(32-33-24)17-5-6-17/h1-4,7-9,13-14,17H,5-6,10-12H2,(H2,29,30,31,32,33). The van der Waals surface area contributed by atoms with Crippen molar-refractivity contribution in [3.63, 3.8) is 0 Å². The lowest BCUT2D eigenvalue weighted by Crippen LogP contribution is -2.30. The van der Waals surface area contributed by atoms with E-state index in [2.05, 4.69) is 38.6 Å². The summed E-state index contributed by atoms with van der Waals surface area (Å²) in [6, 6.07) is 17.8. The maximum Gasteiger partial charge on any atom is 0.228 e. The van der Waals surface area contributed by atoms with Crippen molar-refractivity contribution >= 4 is 45.7 Å². The van der Waals surface area contributed by atoms with Gasteiger partial charge in [-0.2, -0.15) is 15.3 Å². The number of halogens is 1. The summed E-state index contributed by atoms with van der Waals surface area (Å²) >= 11 is 6.07. The van der Waals surface area contributed by atoms with E-state index in [1.54, 1.807) is 6.07 Å². The van der Waals surface area contributed by atoms with Gasteiger partial charge in [-0.25, -0.2) is 4.98 Å². The van der Waals surface area contributed by atoms with Gasteiger partial charge in [-0.1, -0.05) is 35.9 Å². The molecule has 1 aliphatic heterocycles. The van der Waals surface area contributed by atoms with Gasteiger partial charge in [0, 0.05) is 41.2 Å². The van der Waals surface area contributed by atoms with Crippen LogP contribution in [0.25, 0.3) is 16.5 Å². The van der Waals surface area contributed by atoms with E-state index in [4.69, 9.17) is 21.6 Å². The molecule has 0 saturated heterocycles. The first-order valence-corrected chi connectivity index (χ1v) is 11.8. The van der Waals surface area contributed by atoms with Gasteiger partial charge >= 0.3 is 0 Å². The minimum Gasteiger partial charge on any atom is -0.337 e.